The van der Waals surface area contributed by atoms with Crippen molar-refractivity contribution in [2.24, 2.45) is 0 Å². The van der Waals surface area contributed by atoms with Crippen molar-refractivity contribution in [3.63, 3.8) is 0 Å². The first-order valence-corrected chi connectivity index (χ1v) is 5.84. The zero-order chi connectivity index (χ0) is 11.8. The Morgan fingerprint density at radius 3 is 3.00 bits per heavy atom. The number of terminal acetylenes is 1. The van der Waals surface area contributed by atoms with Gasteiger partial charge >= 0.3 is 0 Å². The largest absolute Gasteiger partial charge is 0.370 e. The lowest BCUT2D eigenvalue weighted by atomic mass is 10.2. The van der Waals surface area contributed by atoms with E-state index in [0.29, 0.717) is 5.15 Å². The molecule has 0 aliphatic carbocycles. The summed E-state index contributed by atoms with van der Waals surface area (Å²) in [4.78, 5) is 8.18. The summed E-state index contributed by atoms with van der Waals surface area (Å²) < 4.78 is 0. The standard InChI is InChI=1S/C12H16ClN3/c1-3-5-6-8-14-12-10(7-4-2)11(13)15-9-16-12/h1,9H,4-8H2,2H3,(H,14,15,16). The molecule has 0 unspecified atom stereocenters. The molecule has 1 N–H and O–H groups in total. The van der Waals surface area contributed by atoms with Crippen LogP contribution in [0.5, 0.6) is 0 Å². The van der Waals surface area contributed by atoms with E-state index in [2.05, 4.69) is 28.1 Å². The van der Waals surface area contributed by atoms with Crippen LogP contribution < -0.4 is 5.32 Å². The van der Waals surface area contributed by atoms with Crippen LogP contribution >= 0.6 is 11.6 Å². The van der Waals surface area contributed by atoms with E-state index < -0.39 is 0 Å². The van der Waals surface area contributed by atoms with Gasteiger partial charge in [0, 0.05) is 18.5 Å². The molecule has 1 heterocycles. The van der Waals surface area contributed by atoms with E-state index in [1.165, 1.54) is 6.33 Å². The maximum absolute atomic E-state index is 6.02. The van der Waals surface area contributed by atoms with Crippen molar-refractivity contribution in [2.45, 2.75) is 32.6 Å². The summed E-state index contributed by atoms with van der Waals surface area (Å²) in [5, 5.41) is 3.78. The van der Waals surface area contributed by atoms with E-state index >= 15 is 0 Å². The lowest BCUT2D eigenvalue weighted by molar-refractivity contribution is 0.872. The monoisotopic (exact) mass is 237 g/mol. The quantitative estimate of drug-likeness (QED) is 0.470. The van der Waals surface area contributed by atoms with E-state index in [4.69, 9.17) is 18.0 Å². The average Bonchev–Trinajstić information content (AvgIpc) is 2.29. The molecule has 3 nitrogen and oxygen atoms in total. The van der Waals surface area contributed by atoms with Gasteiger partial charge in [-0.2, -0.15) is 0 Å². The first-order valence-electron chi connectivity index (χ1n) is 5.46. The maximum Gasteiger partial charge on any atom is 0.137 e. The van der Waals surface area contributed by atoms with Crippen LogP contribution in [0.2, 0.25) is 5.15 Å². The van der Waals surface area contributed by atoms with Gasteiger partial charge in [0.2, 0.25) is 0 Å². The number of unbranched alkanes of at least 4 members (excludes halogenated alkanes) is 1. The minimum absolute atomic E-state index is 0.538. The zero-order valence-corrected chi connectivity index (χ0v) is 10.2. The van der Waals surface area contributed by atoms with Crippen molar-refractivity contribution in [3.05, 3.63) is 17.0 Å². The molecule has 0 radical (unpaired) electrons. The molecule has 0 fully saturated rings. The lowest BCUT2D eigenvalue weighted by Crippen LogP contribution is -2.07. The van der Waals surface area contributed by atoms with Crippen molar-refractivity contribution in [1.29, 1.82) is 0 Å². The molecule has 0 spiro atoms. The Bertz CT molecular complexity index is 371. The van der Waals surface area contributed by atoms with Crippen LogP contribution in [0.4, 0.5) is 5.82 Å². The SMILES string of the molecule is C#CCCCNc1ncnc(Cl)c1CCC. The Balaban J connectivity index is 2.64. The maximum atomic E-state index is 6.02. The molecular formula is C12H16ClN3. The Morgan fingerprint density at radius 1 is 1.50 bits per heavy atom. The molecule has 0 saturated heterocycles. The number of nitrogens with zero attached hydrogens (tertiary/aromatic N) is 2. The Morgan fingerprint density at radius 2 is 2.31 bits per heavy atom. The summed E-state index contributed by atoms with van der Waals surface area (Å²) in [6.45, 7) is 2.92. The summed E-state index contributed by atoms with van der Waals surface area (Å²) in [6, 6.07) is 0. The molecule has 0 saturated carbocycles. The van der Waals surface area contributed by atoms with Crippen LogP contribution in [0, 0.1) is 12.3 Å². The molecule has 86 valence electrons. The molecule has 4 heteroatoms. The number of anilines is 1. The third-order valence-electron chi connectivity index (χ3n) is 2.18. The zero-order valence-electron chi connectivity index (χ0n) is 9.46. The van der Waals surface area contributed by atoms with E-state index in [-0.39, 0.29) is 0 Å². The Labute approximate surface area is 102 Å². The normalized spacial score (nSPS) is 9.81. The molecule has 0 amide bonds. The first kappa shape index (κ1) is 12.8. The first-order chi connectivity index (χ1) is 7.79. The predicted octanol–water partition coefficient (Wildman–Crippen LogP) is 2.91. The predicted molar refractivity (Wildman–Crippen MR) is 67.6 cm³/mol. The fourth-order valence-electron chi connectivity index (χ4n) is 1.41. The summed E-state index contributed by atoms with van der Waals surface area (Å²) in [5.41, 5.74) is 0.993. The number of nitrogens with one attached hydrogen (secondary N) is 1. The van der Waals surface area contributed by atoms with Gasteiger partial charge in [0.05, 0.1) is 0 Å². The molecule has 1 aromatic rings. The van der Waals surface area contributed by atoms with Gasteiger partial charge in [0.25, 0.3) is 0 Å². The molecular weight excluding hydrogens is 222 g/mol. The van der Waals surface area contributed by atoms with Gasteiger partial charge in [-0.05, 0) is 12.8 Å². The van der Waals surface area contributed by atoms with E-state index in [9.17, 15) is 0 Å². The minimum Gasteiger partial charge on any atom is -0.370 e. The molecule has 0 aliphatic rings. The number of hydrogen-bond donors (Lipinski definition) is 1. The van der Waals surface area contributed by atoms with Gasteiger partial charge in [-0.15, -0.1) is 12.3 Å². The molecule has 0 aromatic carbocycles. The highest BCUT2D eigenvalue weighted by atomic mass is 35.5. The Kier molecular flexibility index (Phi) is 5.66. The lowest BCUT2D eigenvalue weighted by Gasteiger charge is -2.10. The molecule has 1 aromatic heterocycles. The van der Waals surface area contributed by atoms with Crippen molar-refractivity contribution in [2.75, 3.05) is 11.9 Å². The van der Waals surface area contributed by atoms with Crippen molar-refractivity contribution < 1.29 is 0 Å². The highest BCUT2D eigenvalue weighted by Gasteiger charge is 2.07. The fraction of sp³-hybridized carbons (Fsp3) is 0.500. The number of hydrogen-bond acceptors (Lipinski definition) is 3. The second-order valence-corrected chi connectivity index (χ2v) is 3.83. The third-order valence-corrected chi connectivity index (χ3v) is 2.51. The van der Waals surface area contributed by atoms with Crippen LogP contribution in [0.25, 0.3) is 0 Å². The van der Waals surface area contributed by atoms with Crippen LogP contribution in [-0.2, 0) is 6.42 Å². The van der Waals surface area contributed by atoms with Crippen molar-refractivity contribution in [1.82, 2.24) is 9.97 Å². The fourth-order valence-corrected chi connectivity index (χ4v) is 1.64. The van der Waals surface area contributed by atoms with Gasteiger partial charge in [0.1, 0.15) is 17.3 Å². The molecule has 16 heavy (non-hydrogen) atoms. The Hall–Kier alpha value is -1.27. The molecule has 1 rings (SSSR count). The van der Waals surface area contributed by atoms with Gasteiger partial charge in [-0.3, -0.25) is 0 Å². The van der Waals surface area contributed by atoms with Crippen molar-refractivity contribution in [3.8, 4) is 12.3 Å². The summed E-state index contributed by atoms with van der Waals surface area (Å²) in [5.74, 6) is 3.44. The van der Waals surface area contributed by atoms with Crippen LogP contribution in [0.1, 0.15) is 31.7 Å². The summed E-state index contributed by atoms with van der Waals surface area (Å²) >= 11 is 6.02. The van der Waals surface area contributed by atoms with Gasteiger partial charge in [0.15, 0.2) is 0 Å². The highest BCUT2D eigenvalue weighted by Crippen LogP contribution is 2.21. The second-order valence-electron chi connectivity index (χ2n) is 3.48. The highest BCUT2D eigenvalue weighted by molar-refractivity contribution is 6.30. The molecule has 0 atom stereocenters. The number of rotatable bonds is 6. The van der Waals surface area contributed by atoms with Crippen molar-refractivity contribution >= 4 is 17.4 Å². The number of halogens is 1. The number of aromatic nitrogens is 2. The average molecular weight is 238 g/mol. The smallest absolute Gasteiger partial charge is 0.137 e. The summed E-state index contributed by atoms with van der Waals surface area (Å²) in [7, 11) is 0. The van der Waals surface area contributed by atoms with Gasteiger partial charge < -0.3 is 5.32 Å². The summed E-state index contributed by atoms with van der Waals surface area (Å²) in [6.07, 6.45) is 10.3. The molecule has 0 bridgehead atoms. The van der Waals surface area contributed by atoms with E-state index in [1.807, 2.05) is 0 Å². The van der Waals surface area contributed by atoms with Crippen LogP contribution in [0.15, 0.2) is 6.33 Å². The van der Waals surface area contributed by atoms with Crippen LogP contribution in [0.3, 0.4) is 0 Å². The van der Waals surface area contributed by atoms with Gasteiger partial charge in [-0.25, -0.2) is 9.97 Å². The topological polar surface area (TPSA) is 37.8 Å². The van der Waals surface area contributed by atoms with Crippen LogP contribution in [-0.4, -0.2) is 16.5 Å². The van der Waals surface area contributed by atoms with E-state index in [0.717, 1.165) is 43.6 Å². The minimum atomic E-state index is 0.538. The third kappa shape index (κ3) is 3.71. The van der Waals surface area contributed by atoms with Gasteiger partial charge in [-0.1, -0.05) is 24.9 Å². The second kappa shape index (κ2) is 7.08. The molecule has 0 aliphatic heterocycles. The van der Waals surface area contributed by atoms with E-state index in [1.54, 1.807) is 0 Å².